The molecule has 0 fully saturated rings. The molecule has 6 aromatic carbocycles. The Labute approximate surface area is 234 Å². The summed E-state index contributed by atoms with van der Waals surface area (Å²) in [6.07, 6.45) is 0. The molecule has 0 N–H and O–H groups in total. The quantitative estimate of drug-likeness (QED) is 0.192. The molecule has 1 nitrogen and oxygen atoms in total. The second-order valence-electron chi connectivity index (χ2n) is 9.46. The van der Waals surface area contributed by atoms with Crippen molar-refractivity contribution in [1.82, 2.24) is 0 Å². The van der Waals surface area contributed by atoms with Crippen LogP contribution in [0.4, 0.5) is 0 Å². The van der Waals surface area contributed by atoms with Crippen molar-refractivity contribution < 1.29 is 4.57 Å². The van der Waals surface area contributed by atoms with Crippen molar-refractivity contribution in [2.24, 2.45) is 0 Å². The maximum atomic E-state index is 14.9. The number of benzene rings is 6. The SMILES string of the molecule is O=P(Cl)(c1ccc(-c2ccccc2)cc1-c1ccccc1)c1ccc(-c2ccccc2)cc1-c1ccccc1. The van der Waals surface area contributed by atoms with Gasteiger partial charge in [0.05, 0.1) is 0 Å². The van der Waals surface area contributed by atoms with Gasteiger partial charge in [0.15, 0.2) is 0 Å². The molecule has 0 aliphatic carbocycles. The van der Waals surface area contributed by atoms with Gasteiger partial charge in [-0.15, -0.1) is 0 Å². The zero-order valence-electron chi connectivity index (χ0n) is 21.2. The highest BCUT2D eigenvalue weighted by Crippen LogP contribution is 2.53. The zero-order chi connectivity index (χ0) is 26.7. The Kier molecular flexibility index (Phi) is 7.03. The first-order valence-corrected chi connectivity index (χ1v) is 15.5. The largest absolute Gasteiger partial charge is 0.296 e. The third kappa shape index (κ3) is 5.12. The Hall–Kier alpha value is -4.16. The Bertz CT molecular complexity index is 1640. The van der Waals surface area contributed by atoms with E-state index in [9.17, 15) is 4.57 Å². The van der Waals surface area contributed by atoms with Gasteiger partial charge in [0, 0.05) is 10.6 Å². The summed E-state index contributed by atoms with van der Waals surface area (Å²) in [4.78, 5) is 0. The Balaban J connectivity index is 1.56. The molecule has 0 spiro atoms. The number of hydrogen-bond acceptors (Lipinski definition) is 1. The fraction of sp³-hybridized carbons (Fsp3) is 0. The molecule has 0 heterocycles. The first-order chi connectivity index (χ1) is 19.1. The van der Waals surface area contributed by atoms with E-state index in [4.69, 9.17) is 11.2 Å². The van der Waals surface area contributed by atoms with Gasteiger partial charge in [0.25, 0.3) is 0 Å². The monoisotopic (exact) mass is 540 g/mol. The summed E-state index contributed by atoms with van der Waals surface area (Å²) >= 11 is 7.25. The lowest BCUT2D eigenvalue weighted by atomic mass is 9.99. The van der Waals surface area contributed by atoms with Crippen LogP contribution in [0.5, 0.6) is 0 Å². The van der Waals surface area contributed by atoms with E-state index in [-0.39, 0.29) is 0 Å². The van der Waals surface area contributed by atoms with Crippen LogP contribution in [-0.2, 0) is 4.57 Å². The lowest BCUT2D eigenvalue weighted by Crippen LogP contribution is -2.17. The van der Waals surface area contributed by atoms with E-state index in [1.807, 2.05) is 121 Å². The van der Waals surface area contributed by atoms with Crippen LogP contribution in [0.3, 0.4) is 0 Å². The van der Waals surface area contributed by atoms with Gasteiger partial charge in [-0.1, -0.05) is 133 Å². The van der Waals surface area contributed by atoms with Gasteiger partial charge in [-0.3, -0.25) is 4.57 Å². The average Bonchev–Trinajstić information content (AvgIpc) is 3.02. The van der Waals surface area contributed by atoms with Gasteiger partial charge in [-0.05, 0) is 80.0 Å². The topological polar surface area (TPSA) is 17.1 Å². The summed E-state index contributed by atoms with van der Waals surface area (Å²) in [6.45, 7) is -3.55. The van der Waals surface area contributed by atoms with Crippen LogP contribution in [0.25, 0.3) is 44.5 Å². The van der Waals surface area contributed by atoms with Crippen molar-refractivity contribution in [2.75, 3.05) is 0 Å². The van der Waals surface area contributed by atoms with E-state index >= 15 is 0 Å². The fourth-order valence-corrected chi connectivity index (χ4v) is 7.71. The molecule has 0 atom stereocenters. The van der Waals surface area contributed by atoms with Crippen LogP contribution in [0, 0.1) is 0 Å². The summed E-state index contributed by atoms with van der Waals surface area (Å²) in [5.41, 5.74) is 8.02. The molecule has 0 aliphatic heterocycles. The summed E-state index contributed by atoms with van der Waals surface area (Å²) in [5, 5.41) is 1.28. The van der Waals surface area contributed by atoms with E-state index in [2.05, 4.69) is 36.4 Å². The highest BCUT2D eigenvalue weighted by molar-refractivity contribution is 8.01. The summed E-state index contributed by atoms with van der Waals surface area (Å²) < 4.78 is 14.9. The predicted octanol–water partition coefficient (Wildman–Crippen LogP) is 9.82. The maximum absolute atomic E-state index is 14.9. The maximum Gasteiger partial charge on any atom is 0.226 e. The third-order valence-corrected chi connectivity index (χ3v) is 10.1. The minimum atomic E-state index is -3.55. The van der Waals surface area contributed by atoms with Crippen LogP contribution < -0.4 is 10.6 Å². The van der Waals surface area contributed by atoms with Crippen molar-refractivity contribution in [1.29, 1.82) is 0 Å². The van der Waals surface area contributed by atoms with E-state index in [1.165, 1.54) is 0 Å². The minimum Gasteiger partial charge on any atom is -0.296 e. The van der Waals surface area contributed by atoms with Crippen LogP contribution in [0.1, 0.15) is 0 Å². The highest BCUT2D eigenvalue weighted by atomic mass is 35.7. The van der Waals surface area contributed by atoms with Crippen LogP contribution in [0.2, 0.25) is 0 Å². The molecular formula is C36H26ClOP. The van der Waals surface area contributed by atoms with E-state index < -0.39 is 6.49 Å². The van der Waals surface area contributed by atoms with Crippen LogP contribution in [-0.4, -0.2) is 0 Å². The molecule has 0 radical (unpaired) electrons. The second kappa shape index (κ2) is 10.9. The lowest BCUT2D eigenvalue weighted by Gasteiger charge is -2.21. The molecule has 0 aliphatic rings. The van der Waals surface area contributed by atoms with Crippen molar-refractivity contribution in [3.05, 3.63) is 158 Å². The molecule has 39 heavy (non-hydrogen) atoms. The first-order valence-electron chi connectivity index (χ1n) is 12.9. The van der Waals surface area contributed by atoms with Crippen molar-refractivity contribution >= 4 is 28.3 Å². The van der Waals surface area contributed by atoms with E-state index in [0.717, 1.165) is 44.5 Å². The molecule has 6 rings (SSSR count). The van der Waals surface area contributed by atoms with Crippen molar-refractivity contribution in [3.63, 3.8) is 0 Å². The molecule has 0 saturated heterocycles. The van der Waals surface area contributed by atoms with Gasteiger partial charge in [-0.25, -0.2) is 0 Å². The Morgan fingerprint density at radius 3 is 1.00 bits per heavy atom. The standard InChI is InChI=1S/C36H26ClOP/c37-39(38,35-23-21-31(27-13-5-1-6-14-27)25-33(35)29-17-9-3-10-18-29)36-24-22-32(28-15-7-2-8-16-28)26-34(36)30-19-11-4-12-20-30/h1-26H. The zero-order valence-corrected chi connectivity index (χ0v) is 22.9. The highest BCUT2D eigenvalue weighted by Gasteiger charge is 2.31. The minimum absolute atomic E-state index is 0.639. The molecule has 6 aromatic rings. The fourth-order valence-electron chi connectivity index (χ4n) is 5.02. The molecule has 188 valence electrons. The summed E-state index contributed by atoms with van der Waals surface area (Å²) in [5.74, 6) is 0. The summed E-state index contributed by atoms with van der Waals surface area (Å²) in [6, 6.07) is 52.7. The van der Waals surface area contributed by atoms with Gasteiger partial charge in [0.1, 0.15) is 0 Å². The average molecular weight is 541 g/mol. The number of hydrogen-bond donors (Lipinski definition) is 0. The lowest BCUT2D eigenvalue weighted by molar-refractivity contribution is 0.595. The van der Waals surface area contributed by atoms with Gasteiger partial charge >= 0.3 is 0 Å². The van der Waals surface area contributed by atoms with E-state index in [0.29, 0.717) is 10.6 Å². The molecule has 0 saturated carbocycles. The number of rotatable bonds is 6. The molecule has 0 aromatic heterocycles. The molecule has 0 bridgehead atoms. The molecular weight excluding hydrogens is 515 g/mol. The van der Waals surface area contributed by atoms with E-state index in [1.54, 1.807) is 0 Å². The Morgan fingerprint density at radius 2 is 0.667 bits per heavy atom. The number of halogens is 1. The summed E-state index contributed by atoms with van der Waals surface area (Å²) in [7, 11) is 0. The molecule has 0 unspecified atom stereocenters. The van der Waals surface area contributed by atoms with Crippen molar-refractivity contribution in [2.45, 2.75) is 0 Å². The van der Waals surface area contributed by atoms with Gasteiger partial charge in [0.2, 0.25) is 6.49 Å². The third-order valence-electron chi connectivity index (χ3n) is 7.00. The van der Waals surface area contributed by atoms with Crippen molar-refractivity contribution in [3.8, 4) is 44.5 Å². The predicted molar refractivity (Wildman–Crippen MR) is 167 cm³/mol. The Morgan fingerprint density at radius 1 is 0.359 bits per heavy atom. The smallest absolute Gasteiger partial charge is 0.226 e. The van der Waals surface area contributed by atoms with Gasteiger partial charge < -0.3 is 0 Å². The second-order valence-corrected chi connectivity index (χ2v) is 12.9. The van der Waals surface area contributed by atoms with Gasteiger partial charge in [-0.2, -0.15) is 0 Å². The normalized spacial score (nSPS) is 11.3. The van der Waals surface area contributed by atoms with Crippen LogP contribution in [0.15, 0.2) is 158 Å². The van der Waals surface area contributed by atoms with Crippen LogP contribution >= 0.6 is 17.7 Å². The first kappa shape index (κ1) is 25.1. The molecule has 0 amide bonds. The molecule has 3 heteroatoms.